The van der Waals surface area contributed by atoms with E-state index in [1.165, 1.54) is 0 Å². The first-order valence-electron chi connectivity index (χ1n) is 8.90. The van der Waals surface area contributed by atoms with Crippen LogP contribution in [0.1, 0.15) is 24.0 Å². The molecule has 0 saturated heterocycles. The molecule has 27 heavy (non-hydrogen) atoms. The van der Waals surface area contributed by atoms with E-state index >= 15 is 0 Å². The molecule has 0 saturated carbocycles. The molecule has 8 nitrogen and oxygen atoms in total. The van der Waals surface area contributed by atoms with E-state index in [0.29, 0.717) is 5.82 Å². The first kappa shape index (κ1) is 17.1. The number of aromatic nitrogens is 7. The summed E-state index contributed by atoms with van der Waals surface area (Å²) in [5, 5.41) is 16.3. The molecule has 2 N–H and O–H groups in total. The van der Waals surface area contributed by atoms with Gasteiger partial charge < -0.3 is 5.32 Å². The predicted molar refractivity (Wildman–Crippen MR) is 104 cm³/mol. The van der Waals surface area contributed by atoms with Crippen LogP contribution in [0.25, 0.3) is 22.4 Å². The van der Waals surface area contributed by atoms with Crippen LogP contribution in [0.5, 0.6) is 0 Å². The van der Waals surface area contributed by atoms with E-state index < -0.39 is 0 Å². The van der Waals surface area contributed by atoms with Crippen LogP contribution < -0.4 is 5.32 Å². The van der Waals surface area contributed by atoms with Gasteiger partial charge in [-0.15, -0.1) is 0 Å². The Morgan fingerprint density at radius 1 is 1.19 bits per heavy atom. The molecule has 4 heterocycles. The zero-order valence-corrected chi connectivity index (χ0v) is 15.9. The van der Waals surface area contributed by atoms with Crippen LogP contribution >= 0.6 is 0 Å². The van der Waals surface area contributed by atoms with E-state index in [-0.39, 0.29) is 6.04 Å². The number of H-pyrrole nitrogens is 1. The van der Waals surface area contributed by atoms with E-state index in [2.05, 4.69) is 38.6 Å². The summed E-state index contributed by atoms with van der Waals surface area (Å²) in [4.78, 5) is 13.6. The average Bonchev–Trinajstić information content (AvgIpc) is 3.18. The molecule has 4 aromatic rings. The molecule has 0 fully saturated rings. The zero-order chi connectivity index (χ0) is 19.0. The van der Waals surface area contributed by atoms with Crippen molar-refractivity contribution in [3.63, 3.8) is 0 Å². The van der Waals surface area contributed by atoms with Crippen LogP contribution in [0.15, 0.2) is 30.6 Å². The summed E-state index contributed by atoms with van der Waals surface area (Å²) >= 11 is 0. The third-order valence-corrected chi connectivity index (χ3v) is 4.45. The van der Waals surface area contributed by atoms with Crippen molar-refractivity contribution in [1.82, 2.24) is 34.9 Å². The van der Waals surface area contributed by atoms with Gasteiger partial charge in [-0.05, 0) is 39.0 Å². The van der Waals surface area contributed by atoms with E-state index in [0.717, 1.165) is 45.9 Å². The molecule has 0 unspecified atom stereocenters. The van der Waals surface area contributed by atoms with Gasteiger partial charge >= 0.3 is 0 Å². The van der Waals surface area contributed by atoms with Crippen LogP contribution in [-0.4, -0.2) is 41.0 Å². The highest BCUT2D eigenvalue weighted by Crippen LogP contribution is 2.27. The SMILES string of the molecule is Cc1cc(C[C@H](C)Nc2nc(-c3ccncc3)nc3c2c(C)nn3C)n[nH]1. The van der Waals surface area contributed by atoms with Gasteiger partial charge in [0.15, 0.2) is 11.5 Å². The molecule has 1 atom stereocenters. The molecular formula is C19H22N8. The van der Waals surface area contributed by atoms with Gasteiger partial charge in [-0.3, -0.25) is 14.8 Å². The van der Waals surface area contributed by atoms with Gasteiger partial charge in [-0.25, -0.2) is 9.97 Å². The number of hydrogen-bond donors (Lipinski definition) is 2. The number of aromatic amines is 1. The summed E-state index contributed by atoms with van der Waals surface area (Å²) in [6, 6.07) is 6.02. The molecular weight excluding hydrogens is 340 g/mol. The fourth-order valence-electron chi connectivity index (χ4n) is 3.25. The number of pyridine rings is 1. The molecule has 0 aliphatic carbocycles. The van der Waals surface area contributed by atoms with Gasteiger partial charge in [-0.2, -0.15) is 10.2 Å². The maximum Gasteiger partial charge on any atom is 0.164 e. The summed E-state index contributed by atoms with van der Waals surface area (Å²) in [6.07, 6.45) is 4.28. The lowest BCUT2D eigenvalue weighted by molar-refractivity contribution is 0.760. The largest absolute Gasteiger partial charge is 0.366 e. The van der Waals surface area contributed by atoms with Gasteiger partial charge in [0, 0.05) is 43.2 Å². The highest BCUT2D eigenvalue weighted by molar-refractivity contribution is 5.91. The first-order valence-corrected chi connectivity index (χ1v) is 8.90. The molecule has 4 aromatic heterocycles. The topological polar surface area (TPSA) is 97.2 Å². The van der Waals surface area contributed by atoms with Crippen LogP contribution in [-0.2, 0) is 13.5 Å². The summed E-state index contributed by atoms with van der Waals surface area (Å²) < 4.78 is 1.80. The number of aryl methyl sites for hydroxylation is 3. The Morgan fingerprint density at radius 2 is 1.96 bits per heavy atom. The normalized spacial score (nSPS) is 12.4. The van der Waals surface area contributed by atoms with Crippen molar-refractivity contribution in [2.75, 3.05) is 5.32 Å². The zero-order valence-electron chi connectivity index (χ0n) is 15.9. The second-order valence-corrected chi connectivity index (χ2v) is 6.83. The van der Waals surface area contributed by atoms with Crippen LogP contribution in [0.3, 0.4) is 0 Å². The van der Waals surface area contributed by atoms with Crippen molar-refractivity contribution in [3.8, 4) is 11.4 Å². The summed E-state index contributed by atoms with van der Waals surface area (Å²) in [7, 11) is 1.90. The van der Waals surface area contributed by atoms with Gasteiger partial charge in [0.25, 0.3) is 0 Å². The molecule has 0 aliphatic rings. The Balaban J connectivity index is 1.73. The minimum Gasteiger partial charge on any atom is -0.366 e. The predicted octanol–water partition coefficient (Wildman–Crippen LogP) is 2.81. The second kappa shape index (κ2) is 6.79. The Kier molecular flexibility index (Phi) is 4.31. The monoisotopic (exact) mass is 362 g/mol. The lowest BCUT2D eigenvalue weighted by Gasteiger charge is -2.15. The van der Waals surface area contributed by atoms with Gasteiger partial charge in [0.2, 0.25) is 0 Å². The molecule has 0 spiro atoms. The second-order valence-electron chi connectivity index (χ2n) is 6.83. The van der Waals surface area contributed by atoms with E-state index in [4.69, 9.17) is 9.97 Å². The third-order valence-electron chi connectivity index (χ3n) is 4.45. The van der Waals surface area contributed by atoms with Crippen molar-refractivity contribution < 1.29 is 0 Å². The Bertz CT molecular complexity index is 1080. The van der Waals surface area contributed by atoms with E-state index in [9.17, 15) is 0 Å². The number of nitrogens with zero attached hydrogens (tertiary/aromatic N) is 6. The minimum absolute atomic E-state index is 0.149. The fourth-order valence-corrected chi connectivity index (χ4v) is 3.25. The van der Waals surface area contributed by atoms with Crippen molar-refractivity contribution in [1.29, 1.82) is 0 Å². The summed E-state index contributed by atoms with van der Waals surface area (Å²) in [5.74, 6) is 1.44. The van der Waals surface area contributed by atoms with Crippen molar-refractivity contribution in [3.05, 3.63) is 47.7 Å². The lowest BCUT2D eigenvalue weighted by Crippen LogP contribution is -2.19. The molecule has 0 bridgehead atoms. The van der Waals surface area contributed by atoms with Gasteiger partial charge in [0.05, 0.1) is 16.8 Å². The van der Waals surface area contributed by atoms with Crippen molar-refractivity contribution >= 4 is 16.9 Å². The van der Waals surface area contributed by atoms with Gasteiger partial charge in [0.1, 0.15) is 5.82 Å². The third kappa shape index (κ3) is 3.38. The van der Waals surface area contributed by atoms with Crippen LogP contribution in [0.4, 0.5) is 5.82 Å². The Hall–Kier alpha value is -3.29. The standard InChI is InChI=1S/C19H22N8/c1-11(9-15-10-12(2)24-25-15)21-18-16-13(3)26-27(4)19(16)23-17(22-18)14-5-7-20-8-6-14/h5-8,10-11H,9H2,1-4H3,(H,24,25)(H,21,22,23)/t11-/m0/s1. The Labute approximate surface area is 157 Å². The highest BCUT2D eigenvalue weighted by atomic mass is 15.3. The maximum atomic E-state index is 4.80. The molecule has 8 heteroatoms. The van der Waals surface area contributed by atoms with Crippen LogP contribution in [0.2, 0.25) is 0 Å². The van der Waals surface area contributed by atoms with Crippen LogP contribution in [0, 0.1) is 13.8 Å². The Morgan fingerprint density at radius 3 is 2.67 bits per heavy atom. The maximum absolute atomic E-state index is 4.80. The molecule has 0 aromatic carbocycles. The lowest BCUT2D eigenvalue weighted by atomic mass is 10.1. The summed E-state index contributed by atoms with van der Waals surface area (Å²) in [6.45, 7) is 6.10. The fraction of sp³-hybridized carbons (Fsp3) is 0.316. The number of nitrogens with one attached hydrogen (secondary N) is 2. The number of hydrogen-bond acceptors (Lipinski definition) is 6. The number of rotatable bonds is 5. The quantitative estimate of drug-likeness (QED) is 0.567. The van der Waals surface area contributed by atoms with E-state index in [1.807, 2.05) is 33.0 Å². The van der Waals surface area contributed by atoms with Gasteiger partial charge in [-0.1, -0.05) is 0 Å². The molecule has 4 rings (SSSR count). The number of fused-ring (bicyclic) bond motifs is 1. The smallest absolute Gasteiger partial charge is 0.164 e. The van der Waals surface area contributed by atoms with Crippen molar-refractivity contribution in [2.24, 2.45) is 7.05 Å². The van der Waals surface area contributed by atoms with E-state index in [1.54, 1.807) is 17.1 Å². The number of anilines is 1. The molecule has 0 amide bonds. The average molecular weight is 362 g/mol. The minimum atomic E-state index is 0.149. The highest BCUT2D eigenvalue weighted by Gasteiger charge is 2.18. The molecule has 0 radical (unpaired) electrons. The molecule has 0 aliphatic heterocycles. The molecule has 138 valence electrons. The summed E-state index contributed by atoms with van der Waals surface area (Å²) in [5.41, 5.74) is 4.71. The first-order chi connectivity index (χ1) is 13.0. The van der Waals surface area contributed by atoms with Crippen molar-refractivity contribution in [2.45, 2.75) is 33.2 Å².